The van der Waals surface area contributed by atoms with E-state index in [0.717, 1.165) is 25.0 Å². The van der Waals surface area contributed by atoms with Crippen LogP contribution in [0.3, 0.4) is 0 Å². The fraction of sp³-hybridized carbons (Fsp3) is 0.556. The second kappa shape index (κ2) is 5.25. The van der Waals surface area contributed by atoms with Crippen molar-refractivity contribution in [2.45, 2.75) is 37.5 Å². The highest BCUT2D eigenvalue weighted by molar-refractivity contribution is 5.43. The lowest BCUT2D eigenvalue weighted by atomic mass is 9.54. The van der Waals surface area contributed by atoms with Crippen LogP contribution in [0, 0.1) is 11.8 Å². The molecule has 2 heteroatoms. The van der Waals surface area contributed by atoms with Gasteiger partial charge in [-0.25, -0.2) is 0 Å². The monoisotopic (exact) mass is 272 g/mol. The van der Waals surface area contributed by atoms with Gasteiger partial charge in [0.15, 0.2) is 0 Å². The molecule has 0 unspecified atom stereocenters. The van der Waals surface area contributed by atoms with Crippen LogP contribution in [-0.2, 0) is 11.8 Å². The summed E-state index contributed by atoms with van der Waals surface area (Å²) in [5, 5.41) is 10.2. The van der Waals surface area contributed by atoms with Crippen LogP contribution >= 0.6 is 0 Å². The summed E-state index contributed by atoms with van der Waals surface area (Å²) in [5.74, 6) is 2.01. The number of fused-ring (bicyclic) bond motifs is 3. The zero-order valence-electron chi connectivity index (χ0n) is 12.3. The molecule has 20 heavy (non-hydrogen) atoms. The summed E-state index contributed by atoms with van der Waals surface area (Å²) >= 11 is 0. The molecule has 0 aliphatic heterocycles. The number of hydrogen-bond acceptors (Lipinski definition) is 2. The first kappa shape index (κ1) is 13.7. The third-order valence-electron chi connectivity index (χ3n) is 5.55. The van der Waals surface area contributed by atoms with Gasteiger partial charge < -0.3 is 9.84 Å². The van der Waals surface area contributed by atoms with E-state index in [1.54, 1.807) is 7.11 Å². The Labute approximate surface area is 121 Å². The highest BCUT2D eigenvalue weighted by Gasteiger charge is 2.48. The van der Waals surface area contributed by atoms with Gasteiger partial charge in [-0.3, -0.25) is 0 Å². The van der Waals surface area contributed by atoms with Crippen molar-refractivity contribution >= 4 is 0 Å². The lowest BCUT2D eigenvalue weighted by molar-refractivity contribution is 0.0556. The molecule has 0 saturated heterocycles. The fourth-order valence-corrected chi connectivity index (χ4v) is 4.54. The second-order valence-corrected chi connectivity index (χ2v) is 6.27. The van der Waals surface area contributed by atoms with Crippen molar-refractivity contribution in [3.8, 4) is 5.75 Å². The van der Waals surface area contributed by atoms with Crippen LogP contribution in [0.1, 0.15) is 36.8 Å². The maximum Gasteiger partial charge on any atom is 0.119 e. The van der Waals surface area contributed by atoms with Crippen LogP contribution in [0.15, 0.2) is 30.9 Å². The van der Waals surface area contributed by atoms with E-state index in [-0.39, 0.29) is 12.0 Å². The Balaban J connectivity index is 2.08. The summed E-state index contributed by atoms with van der Waals surface area (Å²) in [6.07, 6.45) is 7.85. The van der Waals surface area contributed by atoms with Crippen molar-refractivity contribution < 1.29 is 9.84 Å². The van der Waals surface area contributed by atoms with Crippen molar-refractivity contribution in [1.82, 2.24) is 0 Å². The van der Waals surface area contributed by atoms with Gasteiger partial charge in [-0.05, 0) is 60.8 Å². The van der Waals surface area contributed by atoms with Crippen LogP contribution in [-0.4, -0.2) is 18.8 Å². The molecule has 108 valence electrons. The molecule has 1 N–H and O–H groups in total. The first-order chi connectivity index (χ1) is 9.75. The van der Waals surface area contributed by atoms with E-state index >= 15 is 0 Å². The number of benzene rings is 1. The third kappa shape index (κ3) is 1.89. The lowest BCUT2D eigenvalue weighted by Crippen LogP contribution is -2.48. The predicted molar refractivity (Wildman–Crippen MR) is 81.1 cm³/mol. The fourth-order valence-electron chi connectivity index (χ4n) is 4.54. The average Bonchev–Trinajstić information content (AvgIpc) is 2.53. The largest absolute Gasteiger partial charge is 0.497 e. The number of allylic oxidation sites excluding steroid dienone is 1. The minimum absolute atomic E-state index is 0.0586. The SMILES string of the molecule is C=C[C@H]1CCC[C@@]2(CO)c3ccc(OC)cc3CC[C@H]12. The van der Waals surface area contributed by atoms with Crippen LogP contribution in [0.25, 0.3) is 0 Å². The van der Waals surface area contributed by atoms with E-state index in [1.165, 1.54) is 24.0 Å². The minimum Gasteiger partial charge on any atom is -0.497 e. The van der Waals surface area contributed by atoms with Gasteiger partial charge in [0.2, 0.25) is 0 Å². The number of methoxy groups -OCH3 is 1. The number of rotatable bonds is 3. The maximum atomic E-state index is 10.2. The first-order valence-electron chi connectivity index (χ1n) is 7.66. The van der Waals surface area contributed by atoms with Crippen molar-refractivity contribution in [3.05, 3.63) is 42.0 Å². The van der Waals surface area contributed by atoms with Gasteiger partial charge in [0.05, 0.1) is 13.7 Å². The van der Waals surface area contributed by atoms with E-state index in [2.05, 4.69) is 24.8 Å². The minimum atomic E-state index is -0.0586. The van der Waals surface area contributed by atoms with E-state index in [9.17, 15) is 5.11 Å². The molecule has 2 nitrogen and oxygen atoms in total. The molecular formula is C18H24O2. The molecule has 2 aliphatic carbocycles. The molecule has 1 fully saturated rings. The smallest absolute Gasteiger partial charge is 0.119 e. The molecular weight excluding hydrogens is 248 g/mol. The normalized spacial score (nSPS) is 32.1. The summed E-state index contributed by atoms with van der Waals surface area (Å²) in [7, 11) is 1.71. The first-order valence-corrected chi connectivity index (χ1v) is 7.66. The zero-order chi connectivity index (χ0) is 14.2. The molecule has 2 aliphatic rings. The van der Waals surface area contributed by atoms with E-state index in [4.69, 9.17) is 4.74 Å². The number of aliphatic hydroxyl groups is 1. The van der Waals surface area contributed by atoms with Gasteiger partial charge >= 0.3 is 0 Å². The summed E-state index contributed by atoms with van der Waals surface area (Å²) in [6, 6.07) is 6.37. The number of aliphatic hydroxyl groups excluding tert-OH is 1. The van der Waals surface area contributed by atoms with Crippen molar-refractivity contribution in [2.24, 2.45) is 11.8 Å². The summed E-state index contributed by atoms with van der Waals surface area (Å²) < 4.78 is 5.35. The summed E-state index contributed by atoms with van der Waals surface area (Å²) in [6.45, 7) is 4.27. The molecule has 0 amide bonds. The van der Waals surface area contributed by atoms with Gasteiger partial charge in [-0.1, -0.05) is 18.6 Å². The Kier molecular flexibility index (Phi) is 3.59. The van der Waals surface area contributed by atoms with E-state index < -0.39 is 0 Å². The van der Waals surface area contributed by atoms with Crippen LogP contribution in [0.4, 0.5) is 0 Å². The maximum absolute atomic E-state index is 10.2. The molecule has 0 bridgehead atoms. The van der Waals surface area contributed by atoms with Crippen molar-refractivity contribution in [2.75, 3.05) is 13.7 Å². The van der Waals surface area contributed by atoms with Crippen molar-refractivity contribution in [1.29, 1.82) is 0 Å². The zero-order valence-corrected chi connectivity index (χ0v) is 12.3. The third-order valence-corrected chi connectivity index (χ3v) is 5.55. The summed E-state index contributed by atoms with van der Waals surface area (Å²) in [4.78, 5) is 0. The van der Waals surface area contributed by atoms with Crippen molar-refractivity contribution in [3.63, 3.8) is 0 Å². The van der Waals surface area contributed by atoms with Gasteiger partial charge in [0.1, 0.15) is 5.75 Å². The Bertz CT molecular complexity index is 508. The highest BCUT2D eigenvalue weighted by atomic mass is 16.5. The molecule has 3 rings (SSSR count). The van der Waals surface area contributed by atoms with Gasteiger partial charge in [0, 0.05) is 5.41 Å². The predicted octanol–water partition coefficient (Wildman–Crippen LogP) is 3.47. The van der Waals surface area contributed by atoms with Gasteiger partial charge in [-0.2, -0.15) is 0 Å². The van der Waals surface area contributed by atoms with E-state index in [0.29, 0.717) is 11.8 Å². The number of ether oxygens (including phenoxy) is 1. The molecule has 1 aromatic rings. The Morgan fingerprint density at radius 1 is 1.45 bits per heavy atom. The second-order valence-electron chi connectivity index (χ2n) is 6.27. The quantitative estimate of drug-likeness (QED) is 0.854. The molecule has 3 atom stereocenters. The lowest BCUT2D eigenvalue weighted by Gasteiger charge is -2.50. The standard InChI is InChI=1S/C18H24O2/c1-3-13-5-4-10-18(12-19)16(13)8-6-14-11-15(20-2)7-9-17(14)18/h3,7,9,11,13,16,19H,1,4-6,8,10,12H2,2H3/t13-,16+,18-/m0/s1. The molecule has 0 radical (unpaired) electrons. The van der Waals surface area contributed by atoms with E-state index in [1.807, 2.05) is 6.07 Å². The molecule has 0 aromatic heterocycles. The molecule has 0 heterocycles. The van der Waals surface area contributed by atoms with Crippen LogP contribution in [0.2, 0.25) is 0 Å². The topological polar surface area (TPSA) is 29.5 Å². The number of aryl methyl sites for hydroxylation is 1. The van der Waals surface area contributed by atoms with Crippen LogP contribution < -0.4 is 4.74 Å². The summed E-state index contributed by atoms with van der Waals surface area (Å²) in [5.41, 5.74) is 2.65. The Morgan fingerprint density at radius 2 is 2.30 bits per heavy atom. The highest BCUT2D eigenvalue weighted by Crippen LogP contribution is 2.52. The Hall–Kier alpha value is -1.28. The molecule has 1 saturated carbocycles. The molecule has 0 spiro atoms. The van der Waals surface area contributed by atoms with Gasteiger partial charge in [0.25, 0.3) is 0 Å². The van der Waals surface area contributed by atoms with Crippen LogP contribution in [0.5, 0.6) is 5.75 Å². The van der Waals surface area contributed by atoms with Gasteiger partial charge in [-0.15, -0.1) is 6.58 Å². The average molecular weight is 272 g/mol. The molecule has 1 aromatic carbocycles. The Morgan fingerprint density at radius 3 is 3.00 bits per heavy atom. The number of hydrogen-bond donors (Lipinski definition) is 1.